The molecule has 4 N–H and O–H groups in total. The highest BCUT2D eigenvalue weighted by atomic mass is 32.2. The maximum atomic E-state index is 10.6. The first kappa shape index (κ1) is 9.94. The quantitative estimate of drug-likeness (QED) is 0.496. The molecular formula is C7H10N4OS. The molecule has 0 saturated carbocycles. The Labute approximate surface area is 79.9 Å². The van der Waals surface area contributed by atoms with Crippen LogP contribution >= 0.6 is 11.8 Å². The van der Waals surface area contributed by atoms with E-state index in [4.69, 9.17) is 11.5 Å². The highest BCUT2D eigenvalue weighted by Crippen LogP contribution is 2.13. The van der Waals surface area contributed by atoms with Crippen LogP contribution in [0.15, 0.2) is 23.6 Å². The lowest BCUT2D eigenvalue weighted by Gasteiger charge is -2.05. The van der Waals surface area contributed by atoms with Gasteiger partial charge >= 0.3 is 0 Å². The molecule has 0 fully saturated rings. The standard InChI is InChI=1S/C7H10N4OS/c8-5(7(9)12)3-13-6-1-2-10-4-11-6/h1-2,4-5H,3,8H2,(H2,9,12). The van der Waals surface area contributed by atoms with E-state index in [2.05, 4.69) is 9.97 Å². The lowest BCUT2D eigenvalue weighted by molar-refractivity contribution is -0.118. The zero-order valence-electron chi connectivity index (χ0n) is 6.88. The minimum Gasteiger partial charge on any atom is -0.368 e. The number of carbonyl (C=O) groups excluding carboxylic acids is 1. The summed E-state index contributed by atoms with van der Waals surface area (Å²) in [5, 5.41) is 0.784. The monoisotopic (exact) mass is 198 g/mol. The molecule has 0 aliphatic carbocycles. The molecule has 1 atom stereocenters. The zero-order chi connectivity index (χ0) is 9.68. The van der Waals surface area contributed by atoms with Crippen LogP contribution in [-0.4, -0.2) is 27.7 Å². The molecule has 5 nitrogen and oxygen atoms in total. The second-order valence-corrected chi connectivity index (χ2v) is 3.41. The van der Waals surface area contributed by atoms with Gasteiger partial charge in [-0.3, -0.25) is 4.79 Å². The van der Waals surface area contributed by atoms with Crippen LogP contribution in [0.4, 0.5) is 0 Å². The second-order valence-electron chi connectivity index (χ2n) is 2.37. The number of nitrogens with zero attached hydrogens (tertiary/aromatic N) is 2. The van der Waals surface area contributed by atoms with Gasteiger partial charge in [0.05, 0.1) is 11.1 Å². The molecule has 0 aliphatic heterocycles. The van der Waals surface area contributed by atoms with Crippen molar-refractivity contribution in [3.63, 3.8) is 0 Å². The lowest BCUT2D eigenvalue weighted by Crippen LogP contribution is -2.38. The van der Waals surface area contributed by atoms with E-state index in [-0.39, 0.29) is 0 Å². The Morgan fingerprint density at radius 1 is 1.69 bits per heavy atom. The Morgan fingerprint density at radius 3 is 3.00 bits per heavy atom. The molecule has 1 aromatic heterocycles. The molecule has 0 aromatic carbocycles. The van der Waals surface area contributed by atoms with Crippen molar-refractivity contribution in [2.75, 3.05) is 5.75 Å². The van der Waals surface area contributed by atoms with Gasteiger partial charge in [0.25, 0.3) is 0 Å². The van der Waals surface area contributed by atoms with Crippen LogP contribution in [0.1, 0.15) is 0 Å². The molecule has 0 saturated heterocycles. The maximum absolute atomic E-state index is 10.6. The average molecular weight is 198 g/mol. The number of aromatic nitrogens is 2. The molecule has 0 spiro atoms. The number of carbonyl (C=O) groups is 1. The number of primary amides is 1. The summed E-state index contributed by atoms with van der Waals surface area (Å²) in [6.07, 6.45) is 3.07. The van der Waals surface area contributed by atoms with E-state index in [1.165, 1.54) is 18.1 Å². The summed E-state index contributed by atoms with van der Waals surface area (Å²) in [5.74, 6) is -0.0617. The summed E-state index contributed by atoms with van der Waals surface area (Å²) >= 11 is 1.38. The molecule has 1 aromatic rings. The maximum Gasteiger partial charge on any atom is 0.235 e. The predicted molar refractivity (Wildman–Crippen MR) is 49.9 cm³/mol. The van der Waals surface area contributed by atoms with Gasteiger partial charge in [-0.2, -0.15) is 0 Å². The normalized spacial score (nSPS) is 12.4. The third-order valence-electron chi connectivity index (χ3n) is 1.33. The van der Waals surface area contributed by atoms with Gasteiger partial charge in [-0.15, -0.1) is 11.8 Å². The van der Waals surface area contributed by atoms with Crippen molar-refractivity contribution < 1.29 is 4.79 Å². The van der Waals surface area contributed by atoms with Crippen molar-refractivity contribution >= 4 is 17.7 Å². The molecule has 70 valence electrons. The van der Waals surface area contributed by atoms with Crippen molar-refractivity contribution in [3.05, 3.63) is 18.6 Å². The fraction of sp³-hybridized carbons (Fsp3) is 0.286. The van der Waals surface area contributed by atoms with E-state index in [0.717, 1.165) is 5.03 Å². The SMILES string of the molecule is NC(=O)C(N)CSc1ccncn1. The van der Waals surface area contributed by atoms with Crippen LogP contribution < -0.4 is 11.5 Å². The molecule has 6 heteroatoms. The summed E-state index contributed by atoms with van der Waals surface area (Å²) in [6, 6.07) is 1.12. The first-order valence-electron chi connectivity index (χ1n) is 3.64. The molecular weight excluding hydrogens is 188 g/mol. The summed E-state index contributed by atoms with van der Waals surface area (Å²) in [4.78, 5) is 18.3. The number of rotatable bonds is 4. The highest BCUT2D eigenvalue weighted by molar-refractivity contribution is 7.99. The minimum absolute atomic E-state index is 0.437. The van der Waals surface area contributed by atoms with Crippen LogP contribution in [0.3, 0.4) is 0 Å². The Bertz CT molecular complexity index is 279. The topological polar surface area (TPSA) is 94.9 Å². The number of hydrogen-bond donors (Lipinski definition) is 2. The van der Waals surface area contributed by atoms with Gasteiger partial charge in [-0.1, -0.05) is 0 Å². The van der Waals surface area contributed by atoms with Crippen molar-refractivity contribution in [3.8, 4) is 0 Å². The largest absolute Gasteiger partial charge is 0.368 e. The van der Waals surface area contributed by atoms with Crippen molar-refractivity contribution in [1.29, 1.82) is 0 Å². The zero-order valence-corrected chi connectivity index (χ0v) is 7.70. The number of amides is 1. The Hall–Kier alpha value is -1.14. The van der Waals surface area contributed by atoms with Gasteiger partial charge in [-0.05, 0) is 6.07 Å². The van der Waals surface area contributed by atoms with Crippen molar-refractivity contribution in [1.82, 2.24) is 9.97 Å². The smallest absolute Gasteiger partial charge is 0.235 e. The van der Waals surface area contributed by atoms with E-state index in [9.17, 15) is 4.79 Å². The molecule has 0 radical (unpaired) electrons. The Kier molecular flexibility index (Phi) is 3.66. The Balaban J connectivity index is 2.39. The first-order chi connectivity index (χ1) is 6.20. The van der Waals surface area contributed by atoms with E-state index < -0.39 is 11.9 Å². The highest BCUT2D eigenvalue weighted by Gasteiger charge is 2.09. The van der Waals surface area contributed by atoms with Crippen molar-refractivity contribution in [2.45, 2.75) is 11.1 Å². The summed E-state index contributed by atoms with van der Waals surface area (Å²) in [7, 11) is 0. The summed E-state index contributed by atoms with van der Waals surface area (Å²) < 4.78 is 0. The van der Waals surface area contributed by atoms with E-state index >= 15 is 0 Å². The lowest BCUT2D eigenvalue weighted by atomic mass is 10.3. The predicted octanol–water partition coefficient (Wildman–Crippen LogP) is -0.619. The number of nitrogens with two attached hydrogens (primary N) is 2. The van der Waals surface area contributed by atoms with Gasteiger partial charge in [0, 0.05) is 11.9 Å². The fourth-order valence-electron chi connectivity index (χ4n) is 0.621. The third-order valence-corrected chi connectivity index (χ3v) is 2.39. The Morgan fingerprint density at radius 2 is 2.46 bits per heavy atom. The van der Waals surface area contributed by atoms with Gasteiger partial charge in [0.1, 0.15) is 6.33 Å². The number of hydrogen-bond acceptors (Lipinski definition) is 5. The molecule has 1 heterocycles. The fourth-order valence-corrected chi connectivity index (χ4v) is 1.41. The first-order valence-corrected chi connectivity index (χ1v) is 4.62. The average Bonchev–Trinajstić information content (AvgIpc) is 2.15. The molecule has 0 aliphatic rings. The molecule has 13 heavy (non-hydrogen) atoms. The van der Waals surface area contributed by atoms with E-state index in [1.54, 1.807) is 12.3 Å². The molecule has 1 amide bonds. The minimum atomic E-state index is -0.625. The summed E-state index contributed by atoms with van der Waals surface area (Å²) in [6.45, 7) is 0. The van der Waals surface area contributed by atoms with Crippen LogP contribution in [-0.2, 0) is 4.79 Å². The number of thioether (sulfide) groups is 1. The third kappa shape index (κ3) is 3.39. The van der Waals surface area contributed by atoms with Gasteiger partial charge in [0.2, 0.25) is 5.91 Å². The van der Waals surface area contributed by atoms with Crippen LogP contribution in [0.5, 0.6) is 0 Å². The second kappa shape index (κ2) is 4.78. The van der Waals surface area contributed by atoms with Crippen LogP contribution in [0.25, 0.3) is 0 Å². The van der Waals surface area contributed by atoms with Gasteiger partial charge < -0.3 is 11.5 Å². The van der Waals surface area contributed by atoms with Gasteiger partial charge in [-0.25, -0.2) is 9.97 Å². The van der Waals surface area contributed by atoms with E-state index in [1.807, 2.05) is 0 Å². The van der Waals surface area contributed by atoms with E-state index in [0.29, 0.717) is 5.75 Å². The molecule has 0 bridgehead atoms. The molecule has 1 unspecified atom stereocenters. The summed E-state index contributed by atoms with van der Waals surface area (Å²) in [5.41, 5.74) is 10.4. The van der Waals surface area contributed by atoms with Crippen molar-refractivity contribution in [2.24, 2.45) is 11.5 Å². The van der Waals surface area contributed by atoms with Crippen LogP contribution in [0.2, 0.25) is 0 Å². The molecule has 1 rings (SSSR count). The van der Waals surface area contributed by atoms with Gasteiger partial charge in [0.15, 0.2) is 0 Å². The van der Waals surface area contributed by atoms with Crippen LogP contribution in [0, 0.1) is 0 Å².